The van der Waals surface area contributed by atoms with Gasteiger partial charge in [-0.3, -0.25) is 19.3 Å². The number of aromatic nitrogens is 2. The zero-order valence-electron chi connectivity index (χ0n) is 25.3. The summed E-state index contributed by atoms with van der Waals surface area (Å²) in [4.78, 5) is 42.4. The number of nitrogens with zero attached hydrogens (tertiary/aromatic N) is 3. The molecule has 3 aromatic carbocycles. The van der Waals surface area contributed by atoms with Gasteiger partial charge < -0.3 is 10.6 Å². The highest BCUT2D eigenvalue weighted by atomic mass is 19.4. The number of nitrogens with one attached hydrogen (secondary N) is 2. The van der Waals surface area contributed by atoms with Crippen LogP contribution < -0.4 is 15.5 Å². The van der Waals surface area contributed by atoms with E-state index in [0.29, 0.717) is 40.3 Å². The summed E-state index contributed by atoms with van der Waals surface area (Å²) in [6.07, 6.45) is -0.259. The van der Waals surface area contributed by atoms with Crippen LogP contribution in [0.2, 0.25) is 0 Å². The first-order valence-electron chi connectivity index (χ1n) is 15.1. The van der Waals surface area contributed by atoms with Crippen molar-refractivity contribution in [1.29, 1.82) is 0 Å². The molecule has 0 bridgehead atoms. The van der Waals surface area contributed by atoms with Crippen molar-refractivity contribution in [2.24, 2.45) is 0 Å². The summed E-state index contributed by atoms with van der Waals surface area (Å²) in [5.74, 6) is -1.70. The molecule has 0 fully saturated rings. The number of benzene rings is 3. The topological polar surface area (TPSA) is 96.3 Å². The van der Waals surface area contributed by atoms with Gasteiger partial charge in [0.2, 0.25) is 0 Å². The molecule has 0 radical (unpaired) electrons. The van der Waals surface area contributed by atoms with E-state index in [-0.39, 0.29) is 18.0 Å². The predicted molar refractivity (Wildman–Crippen MR) is 168 cm³/mol. The number of alkyl halides is 3. The Morgan fingerprint density at radius 2 is 1.74 bits per heavy atom. The van der Waals surface area contributed by atoms with Crippen LogP contribution in [0.3, 0.4) is 0 Å². The molecular formula is C35H32F3N5O3. The summed E-state index contributed by atoms with van der Waals surface area (Å²) in [5, 5.41) is 10.5. The SMILES string of the molecule is CCN1C(=O)[C@@H](NC(=O)c2cccc(C(F)(F)F)c2)[C@@H](c2cccc(NC(=O)C3=CCCC3)c2)c2c(C)nn(-c3ccccc3)c21. The first-order valence-corrected chi connectivity index (χ1v) is 15.1. The number of anilines is 2. The maximum absolute atomic E-state index is 14.3. The van der Waals surface area contributed by atoms with Gasteiger partial charge in [-0.25, -0.2) is 4.68 Å². The van der Waals surface area contributed by atoms with Crippen molar-refractivity contribution in [1.82, 2.24) is 15.1 Å². The van der Waals surface area contributed by atoms with Gasteiger partial charge >= 0.3 is 6.18 Å². The molecule has 1 aliphatic heterocycles. The molecule has 46 heavy (non-hydrogen) atoms. The lowest BCUT2D eigenvalue weighted by Gasteiger charge is -2.38. The standard InChI is InChI=1S/C35H32F3N5O3/c1-3-42-33-28(21(2)41-43(33)27-17-5-4-6-18-27)29(23-13-10-16-26(20-23)39-31(44)22-11-7-8-12-22)30(34(42)46)40-32(45)24-14-9-15-25(19-24)35(36,37)38/h4-6,9-11,13-20,29-30H,3,7-8,12H2,1-2H3,(H,39,44)(H,40,45)/t29-,30-/m0/s1. The number of halogens is 3. The summed E-state index contributed by atoms with van der Waals surface area (Å²) in [5.41, 5.74) is 2.68. The van der Waals surface area contributed by atoms with Gasteiger partial charge in [0, 0.05) is 34.9 Å². The molecule has 8 nitrogen and oxygen atoms in total. The Kier molecular flexibility index (Phi) is 8.24. The first-order chi connectivity index (χ1) is 22.1. The molecule has 6 rings (SSSR count). The third-order valence-electron chi connectivity index (χ3n) is 8.41. The fourth-order valence-corrected chi connectivity index (χ4v) is 6.25. The molecule has 2 aliphatic rings. The van der Waals surface area contributed by atoms with Crippen molar-refractivity contribution in [2.45, 2.75) is 51.2 Å². The first kappa shape index (κ1) is 30.8. The Morgan fingerprint density at radius 3 is 2.43 bits per heavy atom. The number of fused-ring (bicyclic) bond motifs is 1. The maximum atomic E-state index is 14.3. The van der Waals surface area contributed by atoms with E-state index in [4.69, 9.17) is 5.10 Å². The lowest BCUT2D eigenvalue weighted by molar-refractivity contribution is -0.137. The van der Waals surface area contributed by atoms with Crippen LogP contribution >= 0.6 is 0 Å². The molecule has 1 aromatic heterocycles. The Balaban J connectivity index is 1.46. The summed E-state index contributed by atoms with van der Waals surface area (Å²) < 4.78 is 42.1. The number of carbonyl (C=O) groups excluding carboxylic acids is 3. The van der Waals surface area contributed by atoms with Gasteiger partial charge in [0.05, 0.1) is 16.9 Å². The van der Waals surface area contributed by atoms with Crippen LogP contribution in [0.25, 0.3) is 5.69 Å². The molecule has 0 spiro atoms. The van der Waals surface area contributed by atoms with Crippen LogP contribution in [-0.4, -0.2) is 40.1 Å². The van der Waals surface area contributed by atoms with Crippen LogP contribution in [0.1, 0.15) is 64.8 Å². The van der Waals surface area contributed by atoms with Crippen LogP contribution in [0, 0.1) is 6.92 Å². The summed E-state index contributed by atoms with van der Waals surface area (Å²) in [6, 6.07) is 19.3. The lowest BCUT2D eigenvalue weighted by atomic mass is 9.81. The Bertz CT molecular complexity index is 1850. The number of allylic oxidation sites excluding steroid dienone is 1. The highest BCUT2D eigenvalue weighted by Crippen LogP contribution is 2.44. The number of amides is 3. The van der Waals surface area contributed by atoms with E-state index in [2.05, 4.69) is 10.6 Å². The summed E-state index contributed by atoms with van der Waals surface area (Å²) in [7, 11) is 0. The van der Waals surface area contributed by atoms with Gasteiger partial charge in [-0.15, -0.1) is 0 Å². The molecule has 0 saturated carbocycles. The Hall–Kier alpha value is -5.19. The van der Waals surface area contributed by atoms with Gasteiger partial charge in [0.1, 0.15) is 11.9 Å². The minimum atomic E-state index is -4.64. The number of para-hydroxylation sites is 1. The summed E-state index contributed by atoms with van der Waals surface area (Å²) in [6.45, 7) is 3.87. The van der Waals surface area contributed by atoms with E-state index < -0.39 is 35.5 Å². The molecule has 2 N–H and O–H groups in total. The monoisotopic (exact) mass is 627 g/mol. The lowest BCUT2D eigenvalue weighted by Crippen LogP contribution is -2.55. The Labute approximate surface area is 263 Å². The van der Waals surface area contributed by atoms with Crippen LogP contribution in [0.15, 0.2) is 90.5 Å². The zero-order valence-corrected chi connectivity index (χ0v) is 25.3. The van der Waals surface area contributed by atoms with Crippen molar-refractivity contribution in [2.75, 3.05) is 16.8 Å². The van der Waals surface area contributed by atoms with Crippen molar-refractivity contribution in [3.8, 4) is 5.69 Å². The molecular weight excluding hydrogens is 595 g/mol. The van der Waals surface area contributed by atoms with Gasteiger partial charge in [-0.2, -0.15) is 18.3 Å². The number of hydrogen-bond acceptors (Lipinski definition) is 4. The second-order valence-corrected chi connectivity index (χ2v) is 11.4. The van der Waals surface area contributed by atoms with Gasteiger partial charge in [-0.05, 0) is 81.1 Å². The molecule has 236 valence electrons. The van der Waals surface area contributed by atoms with E-state index in [0.717, 1.165) is 36.7 Å². The van der Waals surface area contributed by atoms with E-state index in [1.165, 1.54) is 11.0 Å². The smallest absolute Gasteiger partial charge is 0.339 e. The molecule has 0 unspecified atom stereocenters. The number of hydrogen-bond donors (Lipinski definition) is 2. The van der Waals surface area contributed by atoms with E-state index in [1.54, 1.807) is 35.9 Å². The van der Waals surface area contributed by atoms with Crippen molar-refractivity contribution < 1.29 is 27.6 Å². The molecule has 3 amide bonds. The fraction of sp³-hybridized carbons (Fsp3) is 0.257. The Morgan fingerprint density at radius 1 is 0.978 bits per heavy atom. The fourth-order valence-electron chi connectivity index (χ4n) is 6.25. The third kappa shape index (κ3) is 5.80. The minimum Gasteiger partial charge on any atom is -0.339 e. The van der Waals surface area contributed by atoms with Crippen LogP contribution in [0.4, 0.5) is 24.7 Å². The number of rotatable bonds is 7. The largest absolute Gasteiger partial charge is 0.416 e. The molecule has 1 aliphatic carbocycles. The minimum absolute atomic E-state index is 0.199. The third-order valence-corrected chi connectivity index (χ3v) is 8.41. The average Bonchev–Trinajstić information content (AvgIpc) is 3.71. The quantitative estimate of drug-likeness (QED) is 0.243. The average molecular weight is 628 g/mol. The van der Waals surface area contributed by atoms with Crippen LogP contribution in [0.5, 0.6) is 0 Å². The number of aryl methyl sites for hydroxylation is 1. The highest BCUT2D eigenvalue weighted by molar-refractivity contribution is 6.06. The molecule has 11 heteroatoms. The van der Waals surface area contributed by atoms with Gasteiger partial charge in [-0.1, -0.05) is 42.5 Å². The highest BCUT2D eigenvalue weighted by Gasteiger charge is 2.45. The van der Waals surface area contributed by atoms with Gasteiger partial charge in [0.25, 0.3) is 17.7 Å². The number of likely N-dealkylation sites (N-methyl/N-ethyl adjacent to an activating group) is 1. The van der Waals surface area contributed by atoms with Gasteiger partial charge in [0.15, 0.2) is 0 Å². The van der Waals surface area contributed by atoms with Crippen molar-refractivity contribution in [3.05, 3.63) is 118 Å². The van der Waals surface area contributed by atoms with Crippen molar-refractivity contribution >= 4 is 29.2 Å². The van der Waals surface area contributed by atoms with Crippen molar-refractivity contribution in [3.63, 3.8) is 0 Å². The maximum Gasteiger partial charge on any atom is 0.416 e. The molecule has 0 saturated heterocycles. The van der Waals surface area contributed by atoms with E-state index in [9.17, 15) is 27.6 Å². The zero-order chi connectivity index (χ0) is 32.6. The second kappa shape index (κ2) is 12.3. The molecule has 2 atom stereocenters. The van der Waals surface area contributed by atoms with E-state index in [1.807, 2.05) is 43.3 Å². The number of carbonyl (C=O) groups is 3. The summed E-state index contributed by atoms with van der Waals surface area (Å²) >= 11 is 0. The van der Waals surface area contributed by atoms with Crippen LogP contribution in [-0.2, 0) is 15.8 Å². The molecule has 4 aromatic rings. The molecule has 2 heterocycles. The normalized spacial score (nSPS) is 17.8. The van der Waals surface area contributed by atoms with E-state index >= 15 is 0 Å². The second-order valence-electron chi connectivity index (χ2n) is 11.4. The predicted octanol–water partition coefficient (Wildman–Crippen LogP) is 6.55.